The Morgan fingerprint density at radius 2 is 2.08 bits per heavy atom. The van der Waals surface area contributed by atoms with E-state index < -0.39 is 3.79 Å². The van der Waals surface area contributed by atoms with Crippen LogP contribution < -0.4 is 0 Å². The van der Waals surface area contributed by atoms with Crippen LogP contribution in [0.3, 0.4) is 0 Å². The molecule has 0 saturated carbocycles. The summed E-state index contributed by atoms with van der Waals surface area (Å²) in [4.78, 5) is 7.84. The topological polar surface area (TPSA) is 38.9 Å². The van der Waals surface area contributed by atoms with Crippen LogP contribution in [0.15, 0.2) is 22.7 Å². The summed E-state index contributed by atoms with van der Waals surface area (Å²) in [6, 6.07) is 3.42. The van der Waals surface area contributed by atoms with E-state index in [0.29, 0.717) is 11.2 Å². The molecule has 0 N–H and O–H groups in total. The molecule has 0 aliphatic rings. The molecule has 0 aromatic carbocycles. The smallest absolute Gasteiger partial charge is 0.266 e. The molecule has 0 amide bonds. The lowest BCUT2D eigenvalue weighted by Gasteiger charge is -2.02. The maximum absolute atomic E-state index is 5.58. The molecular formula is C7H3Cl3N2O. The van der Waals surface area contributed by atoms with E-state index in [9.17, 15) is 0 Å². The minimum atomic E-state index is -1.64. The van der Waals surface area contributed by atoms with Crippen molar-refractivity contribution < 1.29 is 4.42 Å². The second-order valence-electron chi connectivity index (χ2n) is 2.34. The minimum absolute atomic E-state index is 0.0335. The average Bonchev–Trinajstić information content (AvgIpc) is 2.45. The molecule has 2 aromatic heterocycles. The lowest BCUT2D eigenvalue weighted by atomic mass is 10.5. The van der Waals surface area contributed by atoms with Gasteiger partial charge in [0.25, 0.3) is 3.79 Å². The van der Waals surface area contributed by atoms with Crippen LogP contribution in [0.5, 0.6) is 0 Å². The fourth-order valence-electron chi connectivity index (χ4n) is 0.890. The van der Waals surface area contributed by atoms with Gasteiger partial charge in [0.2, 0.25) is 5.89 Å². The largest absolute Gasteiger partial charge is 0.434 e. The van der Waals surface area contributed by atoms with Crippen molar-refractivity contribution >= 4 is 46.0 Å². The number of hydrogen-bond donors (Lipinski definition) is 0. The molecule has 0 bridgehead atoms. The zero-order chi connectivity index (χ0) is 9.47. The standard InChI is InChI=1S/C7H3Cl3N2O/c8-7(9,10)6-12-5-4(13-6)2-1-3-11-5/h1-3H. The minimum Gasteiger partial charge on any atom is -0.434 e. The molecule has 2 aromatic rings. The maximum Gasteiger partial charge on any atom is 0.266 e. The van der Waals surface area contributed by atoms with E-state index in [2.05, 4.69) is 9.97 Å². The second kappa shape index (κ2) is 3.01. The van der Waals surface area contributed by atoms with Gasteiger partial charge in [0.1, 0.15) is 0 Å². The SMILES string of the molecule is ClC(Cl)(Cl)c1nc2ncccc2o1. The highest BCUT2D eigenvalue weighted by Crippen LogP contribution is 2.38. The fourth-order valence-corrected chi connectivity index (χ4v) is 1.13. The van der Waals surface area contributed by atoms with Crippen molar-refractivity contribution in [3.63, 3.8) is 0 Å². The Hall–Kier alpha value is -0.510. The second-order valence-corrected chi connectivity index (χ2v) is 4.62. The molecule has 6 heteroatoms. The molecule has 3 nitrogen and oxygen atoms in total. The molecule has 2 heterocycles. The van der Waals surface area contributed by atoms with Gasteiger partial charge in [-0.25, -0.2) is 4.98 Å². The lowest BCUT2D eigenvalue weighted by molar-refractivity contribution is 0.540. The van der Waals surface area contributed by atoms with Gasteiger partial charge in [0.15, 0.2) is 11.2 Å². The Balaban J connectivity index is 2.63. The highest BCUT2D eigenvalue weighted by molar-refractivity contribution is 6.66. The van der Waals surface area contributed by atoms with Gasteiger partial charge in [-0.15, -0.1) is 0 Å². The van der Waals surface area contributed by atoms with Gasteiger partial charge in [-0.05, 0) is 12.1 Å². The van der Waals surface area contributed by atoms with E-state index in [4.69, 9.17) is 39.2 Å². The van der Waals surface area contributed by atoms with Crippen LogP contribution in [0.1, 0.15) is 5.89 Å². The predicted octanol–water partition coefficient (Wildman–Crippen LogP) is 3.05. The Bertz CT molecular complexity index is 401. The molecular weight excluding hydrogens is 234 g/mol. The third-order valence-corrected chi connectivity index (χ3v) is 1.89. The first-order valence-corrected chi connectivity index (χ1v) is 4.49. The van der Waals surface area contributed by atoms with Crippen molar-refractivity contribution in [3.05, 3.63) is 24.2 Å². The van der Waals surface area contributed by atoms with Crippen LogP contribution in [0.2, 0.25) is 0 Å². The van der Waals surface area contributed by atoms with Crippen molar-refractivity contribution in [3.8, 4) is 0 Å². The summed E-state index contributed by atoms with van der Waals surface area (Å²) >= 11 is 16.7. The molecule has 2 rings (SSSR count). The molecule has 68 valence electrons. The third-order valence-electron chi connectivity index (χ3n) is 1.41. The average molecular weight is 237 g/mol. The Morgan fingerprint density at radius 1 is 1.31 bits per heavy atom. The molecule has 0 radical (unpaired) electrons. The van der Waals surface area contributed by atoms with Gasteiger partial charge in [-0.2, -0.15) is 4.98 Å². The van der Waals surface area contributed by atoms with Crippen LogP contribution >= 0.6 is 34.8 Å². The summed E-state index contributed by atoms with van der Waals surface area (Å²) in [6.45, 7) is 0. The molecule has 0 aliphatic carbocycles. The number of rotatable bonds is 0. The van der Waals surface area contributed by atoms with E-state index in [1.807, 2.05) is 0 Å². The van der Waals surface area contributed by atoms with Gasteiger partial charge >= 0.3 is 0 Å². The normalized spacial score (nSPS) is 12.2. The van der Waals surface area contributed by atoms with Crippen LogP contribution in [-0.2, 0) is 3.79 Å². The van der Waals surface area contributed by atoms with Gasteiger partial charge in [0.05, 0.1) is 0 Å². The van der Waals surface area contributed by atoms with Gasteiger partial charge in [-0.3, -0.25) is 0 Å². The fraction of sp³-hybridized carbons (Fsp3) is 0.143. The number of pyridine rings is 1. The number of fused-ring (bicyclic) bond motifs is 1. The molecule has 0 unspecified atom stereocenters. The zero-order valence-corrected chi connectivity index (χ0v) is 8.44. The first kappa shape index (κ1) is 9.06. The van der Waals surface area contributed by atoms with Gasteiger partial charge in [-0.1, -0.05) is 34.8 Å². The van der Waals surface area contributed by atoms with Crippen molar-refractivity contribution in [1.82, 2.24) is 9.97 Å². The highest BCUT2D eigenvalue weighted by atomic mass is 35.6. The summed E-state index contributed by atoms with van der Waals surface area (Å²) in [5.41, 5.74) is 0.938. The molecule has 13 heavy (non-hydrogen) atoms. The first-order valence-electron chi connectivity index (χ1n) is 3.36. The molecule has 0 aliphatic heterocycles. The van der Waals surface area contributed by atoms with Crippen molar-refractivity contribution in [2.24, 2.45) is 0 Å². The summed E-state index contributed by atoms with van der Waals surface area (Å²) in [6.07, 6.45) is 1.59. The van der Waals surface area contributed by atoms with Crippen molar-refractivity contribution in [2.75, 3.05) is 0 Å². The monoisotopic (exact) mass is 236 g/mol. The van der Waals surface area contributed by atoms with E-state index in [1.165, 1.54) is 0 Å². The van der Waals surface area contributed by atoms with Crippen LogP contribution in [0, 0.1) is 0 Å². The van der Waals surface area contributed by atoms with Crippen LogP contribution in [0.25, 0.3) is 11.2 Å². The summed E-state index contributed by atoms with van der Waals surface area (Å²) in [5, 5.41) is 0. The number of halogens is 3. The lowest BCUT2D eigenvalue weighted by Crippen LogP contribution is -1.99. The summed E-state index contributed by atoms with van der Waals surface area (Å²) in [7, 11) is 0. The number of hydrogen-bond acceptors (Lipinski definition) is 3. The van der Waals surface area contributed by atoms with E-state index in [1.54, 1.807) is 18.3 Å². The highest BCUT2D eigenvalue weighted by Gasteiger charge is 2.29. The van der Waals surface area contributed by atoms with Gasteiger partial charge in [0, 0.05) is 6.20 Å². The van der Waals surface area contributed by atoms with E-state index in [0.717, 1.165) is 0 Å². The molecule has 0 spiro atoms. The van der Waals surface area contributed by atoms with Crippen LogP contribution in [-0.4, -0.2) is 9.97 Å². The molecule has 0 fully saturated rings. The quantitative estimate of drug-likeness (QED) is 0.661. The van der Waals surface area contributed by atoms with Crippen molar-refractivity contribution in [1.29, 1.82) is 0 Å². The maximum atomic E-state index is 5.58. The Morgan fingerprint density at radius 3 is 2.69 bits per heavy atom. The Labute approximate surface area is 88.6 Å². The molecule has 0 atom stereocenters. The van der Waals surface area contributed by atoms with Gasteiger partial charge < -0.3 is 4.42 Å². The van der Waals surface area contributed by atoms with Crippen molar-refractivity contribution in [2.45, 2.75) is 3.79 Å². The van der Waals surface area contributed by atoms with E-state index >= 15 is 0 Å². The predicted molar refractivity (Wildman–Crippen MR) is 51.0 cm³/mol. The summed E-state index contributed by atoms with van der Waals surface area (Å²) in [5.74, 6) is 0.0335. The zero-order valence-electron chi connectivity index (χ0n) is 6.17. The number of alkyl halides is 3. The Kier molecular flexibility index (Phi) is 2.10. The number of aromatic nitrogens is 2. The number of nitrogens with zero attached hydrogens (tertiary/aromatic N) is 2. The molecule has 0 saturated heterocycles. The summed E-state index contributed by atoms with van der Waals surface area (Å²) < 4.78 is 3.52. The first-order chi connectivity index (χ1) is 6.07. The number of oxazole rings is 1. The van der Waals surface area contributed by atoms with E-state index in [-0.39, 0.29) is 5.89 Å². The van der Waals surface area contributed by atoms with Crippen LogP contribution in [0.4, 0.5) is 0 Å². The third kappa shape index (κ3) is 1.73.